The van der Waals surface area contributed by atoms with E-state index in [0.717, 1.165) is 5.56 Å². The van der Waals surface area contributed by atoms with Gasteiger partial charge in [-0.3, -0.25) is 4.18 Å². The Kier molecular flexibility index (Phi) is 7.98. The summed E-state index contributed by atoms with van der Waals surface area (Å²) in [5.41, 5.74) is 0.980. The van der Waals surface area contributed by atoms with Gasteiger partial charge in [0.25, 0.3) is 10.1 Å². The second-order valence-corrected chi connectivity index (χ2v) is 6.58. The third-order valence-electron chi connectivity index (χ3n) is 3.15. The van der Waals surface area contributed by atoms with Crippen molar-refractivity contribution in [2.45, 2.75) is 37.9 Å². The van der Waals surface area contributed by atoms with Crippen LogP contribution in [0.25, 0.3) is 0 Å². The number of ether oxygens (including phenoxy) is 2. The molecule has 0 aliphatic carbocycles. The summed E-state index contributed by atoms with van der Waals surface area (Å²) in [6, 6.07) is 6.46. The van der Waals surface area contributed by atoms with E-state index < -0.39 is 10.1 Å². The van der Waals surface area contributed by atoms with Crippen LogP contribution in [0.3, 0.4) is 0 Å². The highest BCUT2D eigenvalue weighted by atomic mass is 32.2. The molecule has 2 atom stereocenters. The summed E-state index contributed by atoms with van der Waals surface area (Å²) in [6.45, 7) is 5.79. The van der Waals surface area contributed by atoms with Gasteiger partial charge in [0.15, 0.2) is 0 Å². The van der Waals surface area contributed by atoms with Gasteiger partial charge in [-0.25, -0.2) is 0 Å². The van der Waals surface area contributed by atoms with Crippen molar-refractivity contribution < 1.29 is 27.2 Å². The minimum atomic E-state index is -3.75. The van der Waals surface area contributed by atoms with Gasteiger partial charge in [-0.2, -0.15) is 8.42 Å². The predicted octanol–water partition coefficient (Wildman–Crippen LogP) is 1.50. The van der Waals surface area contributed by atoms with Crippen LogP contribution >= 0.6 is 0 Å². The first kappa shape index (κ1) is 19.1. The highest BCUT2D eigenvalue weighted by Crippen LogP contribution is 2.13. The van der Waals surface area contributed by atoms with Crippen LogP contribution in [0, 0.1) is 6.92 Å². The maximum Gasteiger partial charge on any atom is 0.297 e. The van der Waals surface area contributed by atoms with Gasteiger partial charge in [0, 0.05) is 0 Å². The van der Waals surface area contributed by atoms with Crippen LogP contribution in [0.1, 0.15) is 19.4 Å². The molecule has 0 unspecified atom stereocenters. The molecule has 0 saturated carbocycles. The number of hydrogen-bond donors (Lipinski definition) is 1. The predicted molar refractivity (Wildman–Crippen MR) is 82.2 cm³/mol. The van der Waals surface area contributed by atoms with E-state index in [1.54, 1.807) is 12.1 Å². The van der Waals surface area contributed by atoms with Crippen molar-refractivity contribution in [1.29, 1.82) is 0 Å². The lowest BCUT2D eigenvalue weighted by atomic mass is 10.2. The molecule has 6 nitrogen and oxygen atoms in total. The number of aliphatic hydroxyl groups excluding tert-OH is 1. The fraction of sp³-hybridized carbons (Fsp3) is 0.600. The van der Waals surface area contributed by atoms with E-state index in [9.17, 15) is 8.42 Å². The summed E-state index contributed by atoms with van der Waals surface area (Å²) in [6.07, 6.45) is -0.418. The normalized spacial score (nSPS) is 14.7. The maximum atomic E-state index is 11.9. The molecule has 0 amide bonds. The van der Waals surface area contributed by atoms with Crippen molar-refractivity contribution in [3.8, 4) is 0 Å². The Hall–Kier alpha value is -0.990. The number of benzene rings is 1. The zero-order valence-corrected chi connectivity index (χ0v) is 14.0. The van der Waals surface area contributed by atoms with E-state index >= 15 is 0 Å². The van der Waals surface area contributed by atoms with Crippen LogP contribution in [-0.2, 0) is 23.8 Å². The Morgan fingerprint density at radius 3 is 2.09 bits per heavy atom. The average molecular weight is 332 g/mol. The minimum Gasteiger partial charge on any atom is -0.394 e. The van der Waals surface area contributed by atoms with Crippen LogP contribution in [0.5, 0.6) is 0 Å². The topological polar surface area (TPSA) is 82.1 Å². The zero-order valence-electron chi connectivity index (χ0n) is 13.2. The molecule has 0 spiro atoms. The molecule has 0 heterocycles. The monoisotopic (exact) mass is 332 g/mol. The van der Waals surface area contributed by atoms with Crippen LogP contribution < -0.4 is 0 Å². The average Bonchev–Trinajstić information content (AvgIpc) is 2.49. The fourth-order valence-electron chi connectivity index (χ4n) is 1.66. The third kappa shape index (κ3) is 6.41. The second-order valence-electron chi connectivity index (χ2n) is 4.96. The van der Waals surface area contributed by atoms with E-state index in [2.05, 4.69) is 0 Å². The molecule has 0 aliphatic rings. The SMILES string of the molecule is Cc1ccc(S(=O)(=O)OCCO[C@H](C)[C@@H](C)OCCO)cc1. The molecule has 1 aromatic rings. The fourth-order valence-corrected chi connectivity index (χ4v) is 2.55. The number of hydrogen-bond acceptors (Lipinski definition) is 6. The van der Waals surface area contributed by atoms with Crippen molar-refractivity contribution in [2.24, 2.45) is 0 Å². The first-order valence-corrected chi connectivity index (χ1v) is 8.58. The molecule has 1 aromatic carbocycles. The first-order chi connectivity index (χ1) is 10.4. The lowest BCUT2D eigenvalue weighted by molar-refractivity contribution is -0.0676. The summed E-state index contributed by atoms with van der Waals surface area (Å²) < 4.78 is 39.6. The highest BCUT2D eigenvalue weighted by Gasteiger charge is 2.16. The van der Waals surface area contributed by atoms with E-state index in [1.165, 1.54) is 12.1 Å². The molecule has 0 aromatic heterocycles. The number of aliphatic hydroxyl groups is 1. The molecule has 0 bridgehead atoms. The van der Waals surface area contributed by atoms with Gasteiger partial charge >= 0.3 is 0 Å². The van der Waals surface area contributed by atoms with Gasteiger partial charge in [0.1, 0.15) is 0 Å². The quantitative estimate of drug-likeness (QED) is 0.516. The summed E-state index contributed by atoms with van der Waals surface area (Å²) >= 11 is 0. The van der Waals surface area contributed by atoms with Gasteiger partial charge in [0.05, 0.1) is 43.5 Å². The van der Waals surface area contributed by atoms with Crippen LogP contribution in [0.4, 0.5) is 0 Å². The van der Waals surface area contributed by atoms with Gasteiger partial charge in [-0.1, -0.05) is 17.7 Å². The molecule has 0 saturated heterocycles. The number of aryl methyl sites for hydroxylation is 1. The molecular weight excluding hydrogens is 308 g/mol. The van der Waals surface area contributed by atoms with Crippen molar-refractivity contribution >= 4 is 10.1 Å². The molecule has 1 N–H and O–H groups in total. The van der Waals surface area contributed by atoms with Gasteiger partial charge in [0.2, 0.25) is 0 Å². The molecule has 1 rings (SSSR count). The van der Waals surface area contributed by atoms with E-state index in [0.29, 0.717) is 0 Å². The van der Waals surface area contributed by atoms with Gasteiger partial charge < -0.3 is 14.6 Å². The van der Waals surface area contributed by atoms with Crippen LogP contribution in [0.2, 0.25) is 0 Å². The molecule has 0 aliphatic heterocycles. The van der Waals surface area contributed by atoms with Crippen LogP contribution in [-0.4, -0.2) is 52.2 Å². The van der Waals surface area contributed by atoms with Crippen molar-refractivity contribution in [3.63, 3.8) is 0 Å². The number of rotatable bonds is 10. The standard InChI is InChI=1S/C15H24O6S/c1-12-4-6-15(7-5-12)22(17,18)21-11-10-20-14(3)13(2)19-9-8-16/h4-7,13-14,16H,8-11H2,1-3H3/t13-,14-/m1/s1. The smallest absolute Gasteiger partial charge is 0.297 e. The van der Waals surface area contributed by atoms with Crippen molar-refractivity contribution in [2.75, 3.05) is 26.4 Å². The third-order valence-corrected chi connectivity index (χ3v) is 4.47. The van der Waals surface area contributed by atoms with E-state index in [1.807, 2.05) is 20.8 Å². The second kappa shape index (κ2) is 9.22. The Labute approximate surface area is 132 Å². The van der Waals surface area contributed by atoms with Crippen molar-refractivity contribution in [1.82, 2.24) is 0 Å². The lowest BCUT2D eigenvalue weighted by Gasteiger charge is -2.20. The first-order valence-electron chi connectivity index (χ1n) is 7.17. The van der Waals surface area contributed by atoms with Gasteiger partial charge in [-0.15, -0.1) is 0 Å². The Morgan fingerprint density at radius 1 is 1.00 bits per heavy atom. The molecule has 126 valence electrons. The van der Waals surface area contributed by atoms with E-state index in [-0.39, 0.29) is 43.5 Å². The molecular formula is C15H24O6S. The largest absolute Gasteiger partial charge is 0.394 e. The summed E-state index contributed by atoms with van der Waals surface area (Å²) in [4.78, 5) is 0.130. The molecule has 0 radical (unpaired) electrons. The minimum absolute atomic E-state index is 0.0467. The van der Waals surface area contributed by atoms with Crippen LogP contribution in [0.15, 0.2) is 29.2 Å². The van der Waals surface area contributed by atoms with E-state index in [4.69, 9.17) is 18.8 Å². The van der Waals surface area contributed by atoms with Crippen molar-refractivity contribution in [3.05, 3.63) is 29.8 Å². The Morgan fingerprint density at radius 2 is 1.55 bits per heavy atom. The summed E-state index contributed by atoms with van der Waals surface area (Å²) in [5.74, 6) is 0. The molecule has 7 heteroatoms. The maximum absolute atomic E-state index is 11.9. The molecule has 0 fully saturated rings. The summed E-state index contributed by atoms with van der Waals surface area (Å²) in [5, 5.41) is 8.67. The zero-order chi connectivity index (χ0) is 16.6. The highest BCUT2D eigenvalue weighted by molar-refractivity contribution is 7.86. The molecule has 22 heavy (non-hydrogen) atoms. The summed E-state index contributed by atoms with van der Waals surface area (Å²) in [7, 11) is -3.75. The lowest BCUT2D eigenvalue weighted by Crippen LogP contribution is -2.28. The Bertz CT molecular complexity index is 525. The Balaban J connectivity index is 2.35. The van der Waals surface area contributed by atoms with Gasteiger partial charge in [-0.05, 0) is 32.9 Å².